The molecule has 1 nitrogen and oxygen atoms in total. The molecule has 2 heteroatoms. The number of para-hydroxylation sites is 1. The molecule has 0 radical (unpaired) electrons. The molecule has 94 valence electrons. The van der Waals surface area contributed by atoms with Crippen molar-refractivity contribution >= 4 is 5.69 Å². The van der Waals surface area contributed by atoms with Crippen molar-refractivity contribution in [2.75, 3.05) is 5.32 Å². The molecule has 0 aromatic heterocycles. The Bertz CT molecular complexity index is 505. The molecule has 0 heterocycles. The second-order valence-electron chi connectivity index (χ2n) is 4.50. The molecular weight excluding hydrogens is 225 g/mol. The van der Waals surface area contributed by atoms with Gasteiger partial charge in [0.1, 0.15) is 5.82 Å². The molecular formula is C16H18FN. The van der Waals surface area contributed by atoms with Gasteiger partial charge in [-0.25, -0.2) is 4.39 Å². The SMILES string of the molecule is CCC(Nc1ccccc1F)c1ccc(C)cc1. The van der Waals surface area contributed by atoms with Crippen LogP contribution in [0, 0.1) is 12.7 Å². The number of rotatable bonds is 4. The second-order valence-corrected chi connectivity index (χ2v) is 4.50. The largest absolute Gasteiger partial charge is 0.376 e. The van der Waals surface area contributed by atoms with Gasteiger partial charge in [0.05, 0.1) is 11.7 Å². The van der Waals surface area contributed by atoms with Crippen LogP contribution in [0.4, 0.5) is 10.1 Å². The van der Waals surface area contributed by atoms with E-state index in [1.54, 1.807) is 12.1 Å². The average molecular weight is 243 g/mol. The predicted octanol–water partition coefficient (Wildman–Crippen LogP) is 4.70. The Morgan fingerprint density at radius 1 is 1.06 bits per heavy atom. The molecule has 1 unspecified atom stereocenters. The van der Waals surface area contributed by atoms with E-state index in [-0.39, 0.29) is 11.9 Å². The molecule has 2 aromatic carbocycles. The molecule has 2 aromatic rings. The summed E-state index contributed by atoms with van der Waals surface area (Å²) in [6.07, 6.45) is 0.914. The van der Waals surface area contributed by atoms with E-state index in [2.05, 4.69) is 43.4 Å². The zero-order chi connectivity index (χ0) is 13.0. The van der Waals surface area contributed by atoms with Gasteiger partial charge in [-0.1, -0.05) is 48.9 Å². The van der Waals surface area contributed by atoms with E-state index in [0.717, 1.165) is 6.42 Å². The van der Waals surface area contributed by atoms with Gasteiger partial charge in [-0.3, -0.25) is 0 Å². The van der Waals surface area contributed by atoms with E-state index < -0.39 is 0 Å². The van der Waals surface area contributed by atoms with Gasteiger partial charge in [0.15, 0.2) is 0 Å². The Morgan fingerprint density at radius 2 is 1.72 bits per heavy atom. The van der Waals surface area contributed by atoms with Gasteiger partial charge in [-0.05, 0) is 31.0 Å². The van der Waals surface area contributed by atoms with Gasteiger partial charge in [0, 0.05) is 0 Å². The van der Waals surface area contributed by atoms with Crippen molar-refractivity contribution in [3.63, 3.8) is 0 Å². The molecule has 1 N–H and O–H groups in total. The van der Waals surface area contributed by atoms with Crippen LogP contribution in [0.3, 0.4) is 0 Å². The van der Waals surface area contributed by atoms with Gasteiger partial charge < -0.3 is 5.32 Å². The molecule has 0 saturated carbocycles. The Labute approximate surface area is 108 Å². The summed E-state index contributed by atoms with van der Waals surface area (Å²) in [7, 11) is 0. The number of hydrogen-bond acceptors (Lipinski definition) is 1. The first-order valence-corrected chi connectivity index (χ1v) is 6.28. The van der Waals surface area contributed by atoms with E-state index in [9.17, 15) is 4.39 Å². The van der Waals surface area contributed by atoms with E-state index in [1.807, 2.05) is 6.07 Å². The van der Waals surface area contributed by atoms with Crippen molar-refractivity contribution in [3.05, 3.63) is 65.5 Å². The molecule has 0 bridgehead atoms. The molecule has 0 saturated heterocycles. The molecule has 0 amide bonds. The van der Waals surface area contributed by atoms with Crippen molar-refractivity contribution in [2.24, 2.45) is 0 Å². The van der Waals surface area contributed by atoms with Crippen LogP contribution in [-0.2, 0) is 0 Å². The van der Waals surface area contributed by atoms with Crippen molar-refractivity contribution in [1.82, 2.24) is 0 Å². The van der Waals surface area contributed by atoms with Crippen LogP contribution in [-0.4, -0.2) is 0 Å². The number of benzene rings is 2. The first kappa shape index (κ1) is 12.6. The summed E-state index contributed by atoms with van der Waals surface area (Å²) in [5.41, 5.74) is 2.98. The highest BCUT2D eigenvalue weighted by Gasteiger charge is 2.10. The number of anilines is 1. The summed E-state index contributed by atoms with van der Waals surface area (Å²) in [6.45, 7) is 4.16. The van der Waals surface area contributed by atoms with Gasteiger partial charge in [-0.15, -0.1) is 0 Å². The Kier molecular flexibility index (Phi) is 3.98. The molecule has 0 aliphatic rings. The van der Waals surface area contributed by atoms with Gasteiger partial charge in [-0.2, -0.15) is 0 Å². The molecule has 18 heavy (non-hydrogen) atoms. The fraction of sp³-hybridized carbons (Fsp3) is 0.250. The number of halogens is 1. The Morgan fingerprint density at radius 3 is 2.33 bits per heavy atom. The highest BCUT2D eigenvalue weighted by Crippen LogP contribution is 2.24. The van der Waals surface area contributed by atoms with Crippen molar-refractivity contribution in [1.29, 1.82) is 0 Å². The molecule has 0 fully saturated rings. The summed E-state index contributed by atoms with van der Waals surface area (Å²) in [5, 5.41) is 3.26. The lowest BCUT2D eigenvalue weighted by atomic mass is 10.0. The van der Waals surface area contributed by atoms with Gasteiger partial charge in [0.25, 0.3) is 0 Å². The third kappa shape index (κ3) is 2.89. The third-order valence-corrected chi connectivity index (χ3v) is 3.09. The van der Waals surface area contributed by atoms with E-state index in [1.165, 1.54) is 17.2 Å². The molecule has 0 aliphatic carbocycles. The summed E-state index contributed by atoms with van der Waals surface area (Å²) in [4.78, 5) is 0. The van der Waals surface area contributed by atoms with Crippen molar-refractivity contribution < 1.29 is 4.39 Å². The van der Waals surface area contributed by atoms with Gasteiger partial charge in [0.2, 0.25) is 0 Å². The van der Waals surface area contributed by atoms with Crippen molar-refractivity contribution in [3.8, 4) is 0 Å². The topological polar surface area (TPSA) is 12.0 Å². The second kappa shape index (κ2) is 5.67. The molecule has 1 atom stereocenters. The van der Waals surface area contributed by atoms with Crippen LogP contribution in [0.1, 0.15) is 30.5 Å². The summed E-state index contributed by atoms with van der Waals surface area (Å²) >= 11 is 0. The van der Waals surface area contributed by atoms with Crippen LogP contribution in [0.5, 0.6) is 0 Å². The number of hydrogen-bond donors (Lipinski definition) is 1. The van der Waals surface area contributed by atoms with E-state index in [4.69, 9.17) is 0 Å². The molecule has 0 aliphatic heterocycles. The lowest BCUT2D eigenvalue weighted by Gasteiger charge is -2.19. The van der Waals surface area contributed by atoms with Crippen LogP contribution < -0.4 is 5.32 Å². The summed E-state index contributed by atoms with van der Waals surface area (Å²) in [5.74, 6) is -0.205. The number of aryl methyl sites for hydroxylation is 1. The summed E-state index contributed by atoms with van der Waals surface area (Å²) < 4.78 is 13.6. The normalized spacial score (nSPS) is 12.2. The fourth-order valence-corrected chi connectivity index (χ4v) is 1.99. The monoisotopic (exact) mass is 243 g/mol. The standard InChI is InChI=1S/C16H18FN/c1-3-15(13-10-8-12(2)9-11-13)18-16-7-5-4-6-14(16)17/h4-11,15,18H,3H2,1-2H3. The minimum absolute atomic E-state index is 0.141. The maximum Gasteiger partial charge on any atom is 0.146 e. The minimum atomic E-state index is -0.205. The first-order chi connectivity index (χ1) is 8.70. The number of nitrogens with one attached hydrogen (secondary N) is 1. The van der Waals surface area contributed by atoms with Crippen LogP contribution in [0.2, 0.25) is 0 Å². The maximum absolute atomic E-state index is 13.6. The van der Waals surface area contributed by atoms with Crippen LogP contribution in [0.15, 0.2) is 48.5 Å². The zero-order valence-corrected chi connectivity index (χ0v) is 10.8. The van der Waals surface area contributed by atoms with Crippen LogP contribution >= 0.6 is 0 Å². The quantitative estimate of drug-likeness (QED) is 0.821. The first-order valence-electron chi connectivity index (χ1n) is 6.28. The highest BCUT2D eigenvalue weighted by molar-refractivity contribution is 5.46. The maximum atomic E-state index is 13.6. The minimum Gasteiger partial charge on any atom is -0.376 e. The molecule has 2 rings (SSSR count). The smallest absolute Gasteiger partial charge is 0.146 e. The van der Waals surface area contributed by atoms with Crippen LogP contribution in [0.25, 0.3) is 0 Å². The molecule has 0 spiro atoms. The van der Waals surface area contributed by atoms with Crippen molar-refractivity contribution in [2.45, 2.75) is 26.3 Å². The third-order valence-electron chi connectivity index (χ3n) is 3.09. The Hall–Kier alpha value is -1.83. The Balaban J connectivity index is 2.20. The lowest BCUT2D eigenvalue weighted by Crippen LogP contribution is -2.10. The highest BCUT2D eigenvalue weighted by atomic mass is 19.1. The lowest BCUT2D eigenvalue weighted by molar-refractivity contribution is 0.624. The van der Waals surface area contributed by atoms with E-state index >= 15 is 0 Å². The summed E-state index contributed by atoms with van der Waals surface area (Å²) in [6, 6.07) is 15.3. The van der Waals surface area contributed by atoms with E-state index in [0.29, 0.717) is 5.69 Å². The van der Waals surface area contributed by atoms with Gasteiger partial charge >= 0.3 is 0 Å². The predicted molar refractivity (Wildman–Crippen MR) is 74.2 cm³/mol. The average Bonchev–Trinajstić information content (AvgIpc) is 2.39. The zero-order valence-electron chi connectivity index (χ0n) is 10.8. The fourth-order valence-electron chi connectivity index (χ4n) is 1.99.